The summed E-state index contributed by atoms with van der Waals surface area (Å²) in [6.45, 7) is 2.97. The summed E-state index contributed by atoms with van der Waals surface area (Å²) in [7, 11) is 2.75. The molecular weight excluding hydrogens is 305 g/mol. The predicted molar refractivity (Wildman–Crippen MR) is 81.3 cm³/mol. The topological polar surface area (TPSA) is 76.1 Å². The molecule has 0 heterocycles. The van der Waals surface area contributed by atoms with Crippen molar-refractivity contribution < 1.29 is 28.6 Å². The van der Waals surface area contributed by atoms with Crippen LogP contribution >= 0.6 is 0 Å². The minimum Gasteiger partial charge on any atom is -0.479 e. The maximum absolute atomic E-state index is 14.2. The largest absolute Gasteiger partial charge is 0.479 e. The number of nitrogens with zero attached hydrogens (tertiary/aromatic N) is 1. The number of hydrogen-bond donors (Lipinski definition) is 1. The highest BCUT2D eigenvalue weighted by atomic mass is 19.1. The van der Waals surface area contributed by atoms with Crippen LogP contribution in [-0.2, 0) is 25.5 Å². The minimum absolute atomic E-state index is 0.0574. The van der Waals surface area contributed by atoms with E-state index in [1.54, 1.807) is 6.07 Å². The third-order valence-corrected chi connectivity index (χ3v) is 3.58. The fourth-order valence-corrected chi connectivity index (χ4v) is 2.28. The maximum Gasteiger partial charge on any atom is 0.331 e. The number of benzene rings is 1. The van der Waals surface area contributed by atoms with Crippen LogP contribution in [0.25, 0.3) is 0 Å². The molecule has 1 N–H and O–H groups in total. The van der Waals surface area contributed by atoms with Crippen molar-refractivity contribution in [2.45, 2.75) is 32.6 Å². The van der Waals surface area contributed by atoms with Crippen LogP contribution < -0.4 is 0 Å². The molecule has 0 saturated carbocycles. The van der Waals surface area contributed by atoms with Crippen LogP contribution in [0.3, 0.4) is 0 Å². The molecule has 7 heteroatoms. The van der Waals surface area contributed by atoms with Gasteiger partial charge in [-0.1, -0.05) is 19.1 Å². The van der Waals surface area contributed by atoms with E-state index in [4.69, 9.17) is 9.47 Å². The quantitative estimate of drug-likeness (QED) is 0.739. The van der Waals surface area contributed by atoms with Crippen molar-refractivity contribution in [3.05, 3.63) is 35.1 Å². The zero-order chi connectivity index (χ0) is 17.6. The van der Waals surface area contributed by atoms with Gasteiger partial charge in [0.05, 0.1) is 6.54 Å². The van der Waals surface area contributed by atoms with Crippen LogP contribution in [-0.4, -0.2) is 48.9 Å². The third-order valence-electron chi connectivity index (χ3n) is 3.58. The van der Waals surface area contributed by atoms with E-state index in [1.807, 2.05) is 6.92 Å². The van der Waals surface area contributed by atoms with Crippen molar-refractivity contribution >= 4 is 11.9 Å². The van der Waals surface area contributed by atoms with Gasteiger partial charge in [-0.25, -0.2) is 9.18 Å². The lowest BCUT2D eigenvalue weighted by Crippen LogP contribution is -2.43. The van der Waals surface area contributed by atoms with Crippen molar-refractivity contribution in [2.24, 2.45) is 0 Å². The number of methoxy groups -OCH3 is 2. The Balaban J connectivity index is 3.31. The van der Waals surface area contributed by atoms with E-state index in [2.05, 4.69) is 0 Å². The molecule has 0 radical (unpaired) electrons. The van der Waals surface area contributed by atoms with Crippen LogP contribution in [0, 0.1) is 5.82 Å². The Bertz CT molecular complexity index is 559. The molecule has 0 fully saturated rings. The van der Waals surface area contributed by atoms with Crippen LogP contribution in [0.15, 0.2) is 18.2 Å². The lowest BCUT2D eigenvalue weighted by atomic mass is 10.0. The first-order valence-corrected chi connectivity index (χ1v) is 7.19. The molecule has 0 aliphatic heterocycles. The Morgan fingerprint density at radius 1 is 1.30 bits per heavy atom. The number of halogens is 1. The van der Waals surface area contributed by atoms with Gasteiger partial charge in [0.15, 0.2) is 12.3 Å². The van der Waals surface area contributed by atoms with E-state index in [-0.39, 0.29) is 12.1 Å². The Labute approximate surface area is 134 Å². The van der Waals surface area contributed by atoms with Gasteiger partial charge in [-0.3, -0.25) is 4.79 Å². The van der Waals surface area contributed by atoms with Gasteiger partial charge in [-0.05, 0) is 18.1 Å². The molecule has 0 aliphatic carbocycles. The summed E-state index contributed by atoms with van der Waals surface area (Å²) in [4.78, 5) is 24.7. The zero-order valence-corrected chi connectivity index (χ0v) is 13.7. The number of rotatable bonds is 8. The van der Waals surface area contributed by atoms with Gasteiger partial charge in [0.1, 0.15) is 5.82 Å². The fraction of sp³-hybridized carbons (Fsp3) is 0.500. The molecule has 1 rings (SSSR count). The first-order valence-electron chi connectivity index (χ1n) is 7.19. The van der Waals surface area contributed by atoms with Crippen LogP contribution in [0.4, 0.5) is 4.39 Å². The molecule has 0 aliphatic rings. The van der Waals surface area contributed by atoms with E-state index in [0.29, 0.717) is 6.42 Å². The first-order chi connectivity index (χ1) is 10.8. The molecule has 0 saturated heterocycles. The predicted octanol–water partition coefficient (Wildman–Crippen LogP) is 1.98. The number of carboxylic acids is 1. The third kappa shape index (κ3) is 4.74. The van der Waals surface area contributed by atoms with Gasteiger partial charge in [0, 0.05) is 26.7 Å². The van der Waals surface area contributed by atoms with Gasteiger partial charge >= 0.3 is 5.97 Å². The van der Waals surface area contributed by atoms with Gasteiger partial charge in [0.25, 0.3) is 0 Å². The molecular formula is C16H22FNO5. The first kappa shape index (κ1) is 19.1. The van der Waals surface area contributed by atoms with Crippen LogP contribution in [0.5, 0.6) is 0 Å². The van der Waals surface area contributed by atoms with Crippen molar-refractivity contribution in [3.63, 3.8) is 0 Å². The summed E-state index contributed by atoms with van der Waals surface area (Å²) >= 11 is 0. The number of aryl methyl sites for hydroxylation is 1. The van der Waals surface area contributed by atoms with Gasteiger partial charge in [0.2, 0.25) is 5.91 Å². The molecule has 23 heavy (non-hydrogen) atoms. The Kier molecular flexibility index (Phi) is 7.12. The molecule has 0 spiro atoms. The normalized spacial score (nSPS) is 12.3. The summed E-state index contributed by atoms with van der Waals surface area (Å²) in [6, 6.07) is 2.82. The Hall–Kier alpha value is -1.99. The minimum atomic E-state index is -1.45. The SMILES string of the molecule is CCc1ccc(F)c(C(C(=O)O)N(CC(OC)OC)C(C)=O)c1. The van der Waals surface area contributed by atoms with E-state index >= 15 is 0 Å². The summed E-state index contributed by atoms with van der Waals surface area (Å²) in [5, 5.41) is 9.55. The van der Waals surface area contributed by atoms with Crippen molar-refractivity contribution in [3.8, 4) is 0 Å². The van der Waals surface area contributed by atoms with Crippen molar-refractivity contribution in [1.82, 2.24) is 4.90 Å². The maximum atomic E-state index is 14.2. The van der Waals surface area contributed by atoms with E-state index in [1.165, 1.54) is 33.3 Å². The molecule has 1 aromatic rings. The van der Waals surface area contributed by atoms with Crippen LogP contribution in [0.2, 0.25) is 0 Å². The number of amides is 1. The second-order valence-electron chi connectivity index (χ2n) is 5.02. The number of ether oxygens (including phenoxy) is 2. The van der Waals surface area contributed by atoms with Gasteiger partial charge in [-0.2, -0.15) is 0 Å². The standard InChI is InChI=1S/C16H22FNO5/c1-5-11-6-7-13(17)12(8-11)15(16(20)21)18(10(2)19)9-14(22-3)23-4/h6-8,14-15H,5,9H2,1-4H3,(H,20,21). The average Bonchev–Trinajstić information content (AvgIpc) is 2.52. The van der Waals surface area contributed by atoms with Crippen LogP contribution in [0.1, 0.15) is 31.0 Å². The summed E-state index contributed by atoms with van der Waals surface area (Å²) < 4.78 is 24.2. The Morgan fingerprint density at radius 3 is 2.35 bits per heavy atom. The van der Waals surface area contributed by atoms with Crippen molar-refractivity contribution in [2.75, 3.05) is 20.8 Å². The average molecular weight is 327 g/mol. The highest BCUT2D eigenvalue weighted by Crippen LogP contribution is 2.26. The highest BCUT2D eigenvalue weighted by molar-refractivity contribution is 5.83. The highest BCUT2D eigenvalue weighted by Gasteiger charge is 2.33. The number of carboxylic acid groups (broad SMARTS) is 1. The molecule has 6 nitrogen and oxygen atoms in total. The van der Waals surface area contributed by atoms with E-state index in [9.17, 15) is 19.1 Å². The monoisotopic (exact) mass is 327 g/mol. The molecule has 0 aromatic heterocycles. The number of carbonyl (C=O) groups excluding carboxylic acids is 1. The van der Waals surface area contributed by atoms with E-state index in [0.717, 1.165) is 10.5 Å². The number of carbonyl (C=O) groups is 2. The molecule has 1 atom stereocenters. The number of aliphatic carboxylic acids is 1. The second kappa shape index (κ2) is 8.59. The molecule has 1 unspecified atom stereocenters. The van der Waals surface area contributed by atoms with E-state index < -0.39 is 30.0 Å². The zero-order valence-electron chi connectivity index (χ0n) is 13.7. The lowest BCUT2D eigenvalue weighted by molar-refractivity contribution is -0.160. The number of hydrogen-bond acceptors (Lipinski definition) is 4. The smallest absolute Gasteiger partial charge is 0.331 e. The lowest BCUT2D eigenvalue weighted by Gasteiger charge is -2.31. The van der Waals surface area contributed by atoms with Crippen molar-refractivity contribution in [1.29, 1.82) is 0 Å². The summed E-state index contributed by atoms with van der Waals surface area (Å²) in [6.07, 6.45) is -0.184. The Morgan fingerprint density at radius 2 is 1.91 bits per heavy atom. The molecule has 1 amide bonds. The summed E-state index contributed by atoms with van der Waals surface area (Å²) in [5.74, 6) is -2.51. The molecule has 1 aromatic carbocycles. The molecule has 0 bridgehead atoms. The summed E-state index contributed by atoms with van der Waals surface area (Å²) in [5.41, 5.74) is 0.726. The molecule has 128 valence electrons. The fourth-order valence-electron chi connectivity index (χ4n) is 2.28. The van der Waals surface area contributed by atoms with Gasteiger partial charge < -0.3 is 19.5 Å². The van der Waals surface area contributed by atoms with Gasteiger partial charge in [-0.15, -0.1) is 0 Å². The second-order valence-corrected chi connectivity index (χ2v) is 5.02.